The van der Waals surface area contributed by atoms with Crippen LogP contribution < -0.4 is 14.8 Å². The second-order valence-corrected chi connectivity index (χ2v) is 4.36. The zero-order chi connectivity index (χ0) is 15.2. The first kappa shape index (κ1) is 15.1. The van der Waals surface area contributed by atoms with Crippen LogP contribution in [0.1, 0.15) is 18.6 Å². The standard InChI is InChI=1S/C14H17NO6/c1-2-19-14(18)12(15-8-16)13(17)9-3-4-10-11(7-9)21-6-5-20-10/h3-4,7-8,12-13,17H,2,5-6H2,1H3,(H,15,16). The Balaban J connectivity index is 2.21. The summed E-state index contributed by atoms with van der Waals surface area (Å²) in [6.45, 7) is 2.68. The molecule has 0 bridgehead atoms. The third kappa shape index (κ3) is 3.43. The van der Waals surface area contributed by atoms with Crippen LogP contribution in [0.4, 0.5) is 0 Å². The predicted octanol–water partition coefficient (Wildman–Crippen LogP) is 0.169. The molecule has 2 unspecified atom stereocenters. The molecule has 7 nitrogen and oxygen atoms in total. The van der Waals surface area contributed by atoms with Crippen LogP contribution in [0.15, 0.2) is 18.2 Å². The first-order valence-corrected chi connectivity index (χ1v) is 6.61. The maximum atomic E-state index is 11.8. The SMILES string of the molecule is CCOC(=O)C(NC=O)C(O)c1ccc2c(c1)OCCO2. The number of esters is 1. The van der Waals surface area contributed by atoms with Gasteiger partial charge in [-0.2, -0.15) is 0 Å². The molecule has 1 amide bonds. The summed E-state index contributed by atoms with van der Waals surface area (Å²) in [6.07, 6.45) is -0.895. The molecule has 1 aliphatic rings. The molecule has 1 aliphatic heterocycles. The molecule has 0 saturated heterocycles. The fourth-order valence-electron chi connectivity index (χ4n) is 2.03. The van der Waals surface area contributed by atoms with Gasteiger partial charge >= 0.3 is 5.97 Å². The van der Waals surface area contributed by atoms with Crippen molar-refractivity contribution >= 4 is 12.4 Å². The molecule has 0 saturated carbocycles. The van der Waals surface area contributed by atoms with Crippen LogP contribution in [0.2, 0.25) is 0 Å². The summed E-state index contributed by atoms with van der Waals surface area (Å²) in [5, 5.41) is 12.6. The molecule has 2 N–H and O–H groups in total. The van der Waals surface area contributed by atoms with Gasteiger partial charge in [0.15, 0.2) is 17.5 Å². The summed E-state index contributed by atoms with van der Waals surface area (Å²) < 4.78 is 15.6. The van der Waals surface area contributed by atoms with Gasteiger partial charge < -0.3 is 24.6 Å². The van der Waals surface area contributed by atoms with Crippen molar-refractivity contribution in [2.24, 2.45) is 0 Å². The summed E-state index contributed by atoms with van der Waals surface area (Å²) in [5.41, 5.74) is 0.423. The Hall–Kier alpha value is -2.28. The van der Waals surface area contributed by atoms with E-state index >= 15 is 0 Å². The minimum Gasteiger partial charge on any atom is -0.486 e. The van der Waals surface area contributed by atoms with Gasteiger partial charge in [-0.25, -0.2) is 4.79 Å². The summed E-state index contributed by atoms with van der Waals surface area (Å²) in [4.78, 5) is 22.4. The highest BCUT2D eigenvalue weighted by molar-refractivity contribution is 5.79. The third-order valence-corrected chi connectivity index (χ3v) is 3.01. The molecule has 0 spiro atoms. The number of carbonyl (C=O) groups is 2. The smallest absolute Gasteiger partial charge is 0.331 e. The number of aliphatic hydroxyl groups excluding tert-OH is 1. The van der Waals surface area contributed by atoms with E-state index < -0.39 is 18.1 Å². The monoisotopic (exact) mass is 295 g/mol. The second-order valence-electron chi connectivity index (χ2n) is 4.36. The Morgan fingerprint density at radius 2 is 2.14 bits per heavy atom. The first-order valence-electron chi connectivity index (χ1n) is 6.61. The molecule has 0 radical (unpaired) electrons. The van der Waals surface area contributed by atoms with Gasteiger partial charge in [-0.3, -0.25) is 4.79 Å². The lowest BCUT2D eigenvalue weighted by Crippen LogP contribution is -2.42. The Kier molecular flexibility index (Phi) is 4.99. The molecule has 1 heterocycles. The lowest BCUT2D eigenvalue weighted by molar-refractivity contribution is -0.149. The molecule has 7 heteroatoms. The molecule has 1 aromatic rings. The summed E-state index contributed by atoms with van der Waals surface area (Å²) >= 11 is 0. The number of aliphatic hydroxyl groups is 1. The molecule has 0 aromatic heterocycles. The maximum absolute atomic E-state index is 11.8. The lowest BCUT2D eigenvalue weighted by Gasteiger charge is -2.23. The van der Waals surface area contributed by atoms with Crippen molar-refractivity contribution in [1.29, 1.82) is 0 Å². The Morgan fingerprint density at radius 3 is 2.81 bits per heavy atom. The highest BCUT2D eigenvalue weighted by Crippen LogP contribution is 2.33. The summed E-state index contributed by atoms with van der Waals surface area (Å²) in [7, 11) is 0. The molecule has 2 atom stereocenters. The summed E-state index contributed by atoms with van der Waals surface area (Å²) in [5.74, 6) is 0.367. The largest absolute Gasteiger partial charge is 0.486 e. The van der Waals surface area contributed by atoms with E-state index in [1.165, 1.54) is 0 Å². The van der Waals surface area contributed by atoms with Crippen molar-refractivity contribution in [3.05, 3.63) is 23.8 Å². The molecule has 2 rings (SSSR count). The van der Waals surface area contributed by atoms with Crippen LogP contribution in [0.25, 0.3) is 0 Å². The molecule has 0 fully saturated rings. The average Bonchev–Trinajstić information content (AvgIpc) is 2.51. The topological polar surface area (TPSA) is 94.1 Å². The number of nitrogens with one attached hydrogen (secondary N) is 1. The van der Waals surface area contributed by atoms with Crippen molar-refractivity contribution < 1.29 is 28.9 Å². The van der Waals surface area contributed by atoms with E-state index in [0.29, 0.717) is 36.7 Å². The third-order valence-electron chi connectivity index (χ3n) is 3.01. The minimum atomic E-state index is -1.25. The van der Waals surface area contributed by atoms with E-state index in [9.17, 15) is 14.7 Å². The highest BCUT2D eigenvalue weighted by atomic mass is 16.6. The Bertz CT molecular complexity index is 518. The van der Waals surface area contributed by atoms with Gasteiger partial charge in [0.05, 0.1) is 6.61 Å². The number of ether oxygens (including phenoxy) is 3. The zero-order valence-electron chi connectivity index (χ0n) is 11.6. The van der Waals surface area contributed by atoms with Crippen LogP contribution in [0.5, 0.6) is 11.5 Å². The Morgan fingerprint density at radius 1 is 1.43 bits per heavy atom. The van der Waals surface area contributed by atoms with Gasteiger partial charge in [0.1, 0.15) is 19.3 Å². The lowest BCUT2D eigenvalue weighted by atomic mass is 10.0. The quantitative estimate of drug-likeness (QED) is 0.574. The van der Waals surface area contributed by atoms with E-state index in [-0.39, 0.29) is 6.61 Å². The van der Waals surface area contributed by atoms with E-state index in [0.717, 1.165) is 0 Å². The molecule has 114 valence electrons. The molecule has 0 aliphatic carbocycles. The van der Waals surface area contributed by atoms with Crippen LogP contribution in [-0.4, -0.2) is 43.3 Å². The number of fused-ring (bicyclic) bond motifs is 1. The number of hydrogen-bond acceptors (Lipinski definition) is 6. The summed E-state index contributed by atoms with van der Waals surface area (Å²) in [6, 6.07) is 3.66. The number of hydrogen-bond donors (Lipinski definition) is 2. The van der Waals surface area contributed by atoms with Crippen LogP contribution in [0.3, 0.4) is 0 Å². The van der Waals surface area contributed by atoms with E-state index in [4.69, 9.17) is 14.2 Å². The Labute approximate surface area is 121 Å². The van der Waals surface area contributed by atoms with Crippen LogP contribution in [0, 0.1) is 0 Å². The highest BCUT2D eigenvalue weighted by Gasteiger charge is 2.30. The number of carbonyl (C=O) groups excluding carboxylic acids is 2. The van der Waals surface area contributed by atoms with Crippen molar-refractivity contribution in [3.63, 3.8) is 0 Å². The fraction of sp³-hybridized carbons (Fsp3) is 0.429. The van der Waals surface area contributed by atoms with Gasteiger partial charge in [0, 0.05) is 0 Å². The predicted molar refractivity (Wildman–Crippen MR) is 72.0 cm³/mol. The van der Waals surface area contributed by atoms with Crippen molar-refractivity contribution in [1.82, 2.24) is 5.32 Å². The van der Waals surface area contributed by atoms with Gasteiger partial charge in [-0.05, 0) is 24.6 Å². The fourth-order valence-corrected chi connectivity index (χ4v) is 2.03. The van der Waals surface area contributed by atoms with Crippen molar-refractivity contribution in [2.75, 3.05) is 19.8 Å². The second kappa shape index (κ2) is 6.94. The number of amides is 1. The molecular weight excluding hydrogens is 278 g/mol. The van der Waals surface area contributed by atoms with E-state index in [2.05, 4.69) is 5.32 Å². The first-order chi connectivity index (χ1) is 10.2. The zero-order valence-corrected chi connectivity index (χ0v) is 11.6. The van der Waals surface area contributed by atoms with Crippen molar-refractivity contribution in [3.8, 4) is 11.5 Å². The van der Waals surface area contributed by atoms with Gasteiger partial charge in [-0.15, -0.1) is 0 Å². The van der Waals surface area contributed by atoms with Crippen molar-refractivity contribution in [2.45, 2.75) is 19.1 Å². The van der Waals surface area contributed by atoms with E-state index in [1.807, 2.05) is 0 Å². The van der Waals surface area contributed by atoms with Crippen LogP contribution >= 0.6 is 0 Å². The normalized spacial score (nSPS) is 15.7. The molecule has 21 heavy (non-hydrogen) atoms. The van der Waals surface area contributed by atoms with Gasteiger partial charge in [0.2, 0.25) is 6.41 Å². The minimum absolute atomic E-state index is 0.156. The van der Waals surface area contributed by atoms with E-state index in [1.54, 1.807) is 25.1 Å². The average molecular weight is 295 g/mol. The van der Waals surface area contributed by atoms with Gasteiger partial charge in [-0.1, -0.05) is 6.07 Å². The molecular formula is C14H17NO6. The number of rotatable bonds is 6. The molecule has 1 aromatic carbocycles. The number of benzene rings is 1. The van der Waals surface area contributed by atoms with Gasteiger partial charge in [0.25, 0.3) is 0 Å². The van der Waals surface area contributed by atoms with Crippen LogP contribution in [-0.2, 0) is 14.3 Å². The maximum Gasteiger partial charge on any atom is 0.331 e.